The molecule has 2 rings (SSSR count). The molecule has 16 heavy (non-hydrogen) atoms. The second-order valence-corrected chi connectivity index (χ2v) is 4.62. The summed E-state index contributed by atoms with van der Waals surface area (Å²) in [6, 6.07) is 6.10. The fraction of sp³-hybridized carbons (Fsp3) is 0.400. The van der Waals surface area contributed by atoms with Crippen molar-refractivity contribution in [2.24, 2.45) is 0 Å². The average molecular weight is 214 g/mol. The summed E-state index contributed by atoms with van der Waals surface area (Å²) >= 11 is 0. The van der Waals surface area contributed by atoms with E-state index in [1.54, 1.807) is 0 Å². The highest BCUT2D eigenvalue weighted by Crippen LogP contribution is 2.23. The molecule has 0 aliphatic heterocycles. The van der Waals surface area contributed by atoms with Crippen LogP contribution in [0.5, 0.6) is 0 Å². The van der Waals surface area contributed by atoms with Gasteiger partial charge in [0, 0.05) is 5.56 Å². The van der Waals surface area contributed by atoms with Gasteiger partial charge in [-0.2, -0.15) is 0 Å². The van der Waals surface area contributed by atoms with Gasteiger partial charge in [-0.05, 0) is 56.7 Å². The molecular weight excluding hydrogens is 196 g/mol. The van der Waals surface area contributed by atoms with Crippen LogP contribution in [-0.2, 0) is 0 Å². The number of hydrogen-bond acceptors (Lipinski definition) is 1. The lowest BCUT2D eigenvalue weighted by Crippen LogP contribution is -2.08. The van der Waals surface area contributed by atoms with Gasteiger partial charge in [0.1, 0.15) is 0 Å². The summed E-state index contributed by atoms with van der Waals surface area (Å²) in [6.07, 6.45) is 6.51. The minimum atomic E-state index is 0.237. The first-order valence-corrected chi connectivity index (χ1v) is 5.99. The third-order valence-corrected chi connectivity index (χ3v) is 3.22. The Balaban J connectivity index is 2.33. The molecule has 0 heterocycles. The van der Waals surface area contributed by atoms with Crippen LogP contribution < -0.4 is 0 Å². The van der Waals surface area contributed by atoms with Crippen molar-refractivity contribution in [3.05, 3.63) is 46.5 Å². The second-order valence-electron chi connectivity index (χ2n) is 4.62. The van der Waals surface area contributed by atoms with Gasteiger partial charge < -0.3 is 0 Å². The van der Waals surface area contributed by atoms with Crippen LogP contribution in [0.4, 0.5) is 0 Å². The summed E-state index contributed by atoms with van der Waals surface area (Å²) in [4.78, 5) is 12.3. The fourth-order valence-electron chi connectivity index (χ4n) is 2.20. The van der Waals surface area contributed by atoms with Crippen LogP contribution in [0.25, 0.3) is 0 Å². The number of ketones is 1. The highest BCUT2D eigenvalue weighted by Gasteiger charge is 2.16. The maximum absolute atomic E-state index is 12.3. The summed E-state index contributed by atoms with van der Waals surface area (Å²) in [5.41, 5.74) is 4.14. The molecule has 1 heteroatoms. The third kappa shape index (κ3) is 2.24. The minimum absolute atomic E-state index is 0.237. The Kier molecular flexibility index (Phi) is 3.23. The van der Waals surface area contributed by atoms with E-state index in [4.69, 9.17) is 0 Å². The van der Waals surface area contributed by atoms with Crippen LogP contribution in [0.3, 0.4) is 0 Å². The molecule has 84 valence electrons. The Morgan fingerprint density at radius 3 is 2.69 bits per heavy atom. The maximum atomic E-state index is 12.3. The van der Waals surface area contributed by atoms with E-state index in [1.165, 1.54) is 6.42 Å². The van der Waals surface area contributed by atoms with Gasteiger partial charge in [-0.1, -0.05) is 23.8 Å². The van der Waals surface area contributed by atoms with Crippen molar-refractivity contribution in [3.8, 4) is 0 Å². The zero-order valence-corrected chi connectivity index (χ0v) is 10.0. The van der Waals surface area contributed by atoms with Crippen molar-refractivity contribution in [2.45, 2.75) is 39.5 Å². The Bertz CT molecular complexity index is 441. The number of rotatable bonds is 2. The molecule has 0 bridgehead atoms. The van der Waals surface area contributed by atoms with E-state index in [9.17, 15) is 4.79 Å². The third-order valence-electron chi connectivity index (χ3n) is 3.22. The van der Waals surface area contributed by atoms with Crippen LogP contribution in [0, 0.1) is 13.8 Å². The van der Waals surface area contributed by atoms with Crippen molar-refractivity contribution in [1.29, 1.82) is 0 Å². The predicted molar refractivity (Wildman–Crippen MR) is 66.8 cm³/mol. The van der Waals surface area contributed by atoms with E-state index in [2.05, 4.69) is 12.1 Å². The van der Waals surface area contributed by atoms with Crippen LogP contribution in [-0.4, -0.2) is 5.78 Å². The monoisotopic (exact) mass is 214 g/mol. The quantitative estimate of drug-likeness (QED) is 0.680. The standard InChI is InChI=1S/C15H18O/c1-11-8-9-12(2)14(10-11)15(16)13-6-4-3-5-7-13/h6,8-10H,3-5,7H2,1-2H3. The normalized spacial score (nSPS) is 15.8. The minimum Gasteiger partial charge on any atom is -0.289 e. The van der Waals surface area contributed by atoms with E-state index in [1.807, 2.05) is 26.0 Å². The van der Waals surface area contributed by atoms with E-state index < -0.39 is 0 Å². The first-order valence-electron chi connectivity index (χ1n) is 5.99. The number of Topliss-reactive ketones (excluding diaryl/α,β-unsaturated/α-hetero) is 1. The summed E-state index contributed by atoms with van der Waals surface area (Å²) in [7, 11) is 0. The molecule has 0 unspecified atom stereocenters. The van der Waals surface area contributed by atoms with Crippen molar-refractivity contribution >= 4 is 5.78 Å². The Labute approximate surface area is 97.2 Å². The van der Waals surface area contributed by atoms with Gasteiger partial charge in [0.25, 0.3) is 0 Å². The van der Waals surface area contributed by atoms with Crippen molar-refractivity contribution in [3.63, 3.8) is 0 Å². The molecule has 0 N–H and O–H groups in total. The van der Waals surface area contributed by atoms with Crippen LogP contribution in [0.2, 0.25) is 0 Å². The van der Waals surface area contributed by atoms with Crippen molar-refractivity contribution in [2.75, 3.05) is 0 Å². The Hall–Kier alpha value is -1.37. The van der Waals surface area contributed by atoms with E-state index in [0.717, 1.165) is 41.5 Å². The van der Waals surface area contributed by atoms with E-state index >= 15 is 0 Å². The predicted octanol–water partition coefficient (Wildman–Crippen LogP) is 3.99. The number of carbonyl (C=O) groups is 1. The number of hydrogen-bond donors (Lipinski definition) is 0. The Morgan fingerprint density at radius 2 is 2.00 bits per heavy atom. The summed E-state index contributed by atoms with van der Waals surface area (Å²) in [5, 5.41) is 0. The number of benzene rings is 1. The van der Waals surface area contributed by atoms with Gasteiger partial charge in [-0.25, -0.2) is 0 Å². The summed E-state index contributed by atoms with van der Waals surface area (Å²) in [6.45, 7) is 4.04. The molecular formula is C15H18O. The molecule has 1 aromatic carbocycles. The molecule has 0 aromatic heterocycles. The number of carbonyl (C=O) groups excluding carboxylic acids is 1. The lowest BCUT2D eigenvalue weighted by atomic mass is 9.91. The van der Waals surface area contributed by atoms with E-state index in [0.29, 0.717) is 0 Å². The second kappa shape index (κ2) is 4.65. The molecule has 0 amide bonds. The zero-order chi connectivity index (χ0) is 11.5. The summed E-state index contributed by atoms with van der Waals surface area (Å²) < 4.78 is 0. The highest BCUT2D eigenvalue weighted by atomic mass is 16.1. The number of aryl methyl sites for hydroxylation is 2. The highest BCUT2D eigenvalue weighted by molar-refractivity contribution is 6.09. The van der Waals surface area contributed by atoms with Gasteiger partial charge in [0.15, 0.2) is 5.78 Å². The van der Waals surface area contributed by atoms with E-state index in [-0.39, 0.29) is 5.78 Å². The van der Waals surface area contributed by atoms with Crippen molar-refractivity contribution < 1.29 is 4.79 Å². The lowest BCUT2D eigenvalue weighted by molar-refractivity contribution is 0.102. The molecule has 1 aromatic rings. The number of allylic oxidation sites excluding steroid dienone is 2. The molecule has 0 fully saturated rings. The fourth-order valence-corrected chi connectivity index (χ4v) is 2.20. The Morgan fingerprint density at radius 1 is 1.19 bits per heavy atom. The first-order chi connectivity index (χ1) is 7.68. The molecule has 0 saturated heterocycles. The molecule has 0 radical (unpaired) electrons. The topological polar surface area (TPSA) is 17.1 Å². The van der Waals surface area contributed by atoms with Gasteiger partial charge in [-0.15, -0.1) is 0 Å². The molecule has 1 nitrogen and oxygen atoms in total. The smallest absolute Gasteiger partial charge is 0.188 e. The molecule has 1 aliphatic rings. The van der Waals surface area contributed by atoms with Crippen LogP contribution in [0.1, 0.15) is 47.2 Å². The maximum Gasteiger partial charge on any atom is 0.188 e. The first kappa shape index (κ1) is 11.1. The molecule has 0 saturated carbocycles. The van der Waals surface area contributed by atoms with Crippen LogP contribution >= 0.6 is 0 Å². The van der Waals surface area contributed by atoms with Gasteiger partial charge in [0.05, 0.1) is 0 Å². The van der Waals surface area contributed by atoms with Gasteiger partial charge in [-0.3, -0.25) is 4.79 Å². The van der Waals surface area contributed by atoms with Gasteiger partial charge in [0.2, 0.25) is 0 Å². The SMILES string of the molecule is Cc1ccc(C)c(C(=O)C2=CCCCC2)c1. The summed E-state index contributed by atoms with van der Waals surface area (Å²) in [5.74, 6) is 0.237. The largest absolute Gasteiger partial charge is 0.289 e. The van der Waals surface area contributed by atoms with Crippen molar-refractivity contribution in [1.82, 2.24) is 0 Å². The van der Waals surface area contributed by atoms with Gasteiger partial charge >= 0.3 is 0 Å². The lowest BCUT2D eigenvalue weighted by Gasteiger charge is -2.13. The molecule has 1 aliphatic carbocycles. The average Bonchev–Trinajstić information content (AvgIpc) is 2.32. The molecule has 0 atom stereocenters. The zero-order valence-electron chi connectivity index (χ0n) is 10.0. The molecule has 0 spiro atoms. The van der Waals surface area contributed by atoms with Crippen LogP contribution in [0.15, 0.2) is 29.8 Å².